The second kappa shape index (κ2) is 6.00. The van der Waals surface area contributed by atoms with E-state index in [1.54, 1.807) is 0 Å². The highest BCUT2D eigenvalue weighted by molar-refractivity contribution is 4.74. The summed E-state index contributed by atoms with van der Waals surface area (Å²) >= 11 is 0. The predicted octanol–water partition coefficient (Wildman–Crippen LogP) is 1.53. The van der Waals surface area contributed by atoms with Gasteiger partial charge in [-0.2, -0.15) is 0 Å². The monoisotopic (exact) mass is 195 g/mol. The quantitative estimate of drug-likeness (QED) is 0.630. The van der Waals surface area contributed by atoms with E-state index < -0.39 is 0 Å². The molecule has 0 unspecified atom stereocenters. The maximum absolute atomic E-state index is 6.80. The summed E-state index contributed by atoms with van der Waals surface area (Å²) in [5, 5.41) is 0. The summed E-state index contributed by atoms with van der Waals surface area (Å²) < 4.78 is 0. The van der Waals surface area contributed by atoms with E-state index >= 15 is 0 Å². The Balaban J connectivity index is 2.13. The number of piperazine rings is 1. The second-order valence-electron chi connectivity index (χ2n) is 4.44. The molecule has 1 fully saturated rings. The van der Waals surface area contributed by atoms with E-state index in [4.69, 9.17) is 6.57 Å². The fourth-order valence-corrected chi connectivity index (χ4v) is 1.70. The molecule has 1 heterocycles. The first-order chi connectivity index (χ1) is 6.72. The molecule has 0 amide bonds. The Morgan fingerprint density at radius 2 is 1.71 bits per heavy atom. The van der Waals surface area contributed by atoms with Crippen molar-refractivity contribution >= 4 is 0 Å². The first-order valence-corrected chi connectivity index (χ1v) is 5.50. The lowest BCUT2D eigenvalue weighted by Gasteiger charge is -2.32. The van der Waals surface area contributed by atoms with Crippen LogP contribution in [-0.2, 0) is 0 Å². The van der Waals surface area contributed by atoms with Gasteiger partial charge in [0, 0.05) is 26.2 Å². The molecule has 1 saturated heterocycles. The third-order valence-corrected chi connectivity index (χ3v) is 2.76. The van der Waals surface area contributed by atoms with Gasteiger partial charge in [0.2, 0.25) is 0 Å². The molecule has 0 radical (unpaired) electrons. The van der Waals surface area contributed by atoms with E-state index in [1.807, 2.05) is 0 Å². The normalized spacial score (nSPS) is 19.9. The van der Waals surface area contributed by atoms with Crippen molar-refractivity contribution in [1.82, 2.24) is 9.80 Å². The molecule has 1 aliphatic heterocycles. The van der Waals surface area contributed by atoms with Crippen molar-refractivity contribution in [3.05, 3.63) is 11.4 Å². The van der Waals surface area contributed by atoms with E-state index in [-0.39, 0.29) is 0 Å². The maximum atomic E-state index is 6.80. The second-order valence-corrected chi connectivity index (χ2v) is 4.44. The number of hydrogen-bond acceptors (Lipinski definition) is 2. The molecule has 0 aromatic heterocycles. The van der Waals surface area contributed by atoms with Crippen molar-refractivity contribution in [1.29, 1.82) is 0 Å². The maximum Gasteiger partial charge on any atom is 0.270 e. The molecule has 3 nitrogen and oxygen atoms in total. The van der Waals surface area contributed by atoms with E-state index in [9.17, 15) is 0 Å². The van der Waals surface area contributed by atoms with Gasteiger partial charge in [-0.05, 0) is 18.9 Å². The van der Waals surface area contributed by atoms with Gasteiger partial charge in [-0.15, -0.1) is 0 Å². The number of hydrogen-bond donors (Lipinski definition) is 0. The van der Waals surface area contributed by atoms with Crippen LogP contribution in [0.1, 0.15) is 20.3 Å². The van der Waals surface area contributed by atoms with E-state index in [2.05, 4.69) is 28.5 Å². The smallest absolute Gasteiger partial charge is 0.270 e. The summed E-state index contributed by atoms with van der Waals surface area (Å²) in [5.74, 6) is 0.802. The first kappa shape index (κ1) is 11.5. The SMILES string of the molecule is [C-]#[N+]CN1CCN(CCC(C)C)CC1. The van der Waals surface area contributed by atoms with E-state index in [1.165, 1.54) is 13.0 Å². The van der Waals surface area contributed by atoms with Crippen molar-refractivity contribution < 1.29 is 0 Å². The lowest BCUT2D eigenvalue weighted by molar-refractivity contribution is 0.137. The molecule has 0 bridgehead atoms. The highest BCUT2D eigenvalue weighted by atomic mass is 15.3. The van der Waals surface area contributed by atoms with Gasteiger partial charge in [-0.25, -0.2) is 11.5 Å². The molecular weight excluding hydrogens is 174 g/mol. The van der Waals surface area contributed by atoms with Gasteiger partial charge in [0.1, 0.15) is 0 Å². The predicted molar refractivity (Wildman–Crippen MR) is 58.9 cm³/mol. The van der Waals surface area contributed by atoms with Crippen LogP contribution in [-0.4, -0.2) is 49.2 Å². The standard InChI is InChI=1S/C11H21N3/c1-11(2)4-5-13-6-8-14(9-7-13)10-12-3/h11H,4-10H2,1-2H3. The molecule has 14 heavy (non-hydrogen) atoms. The fourth-order valence-electron chi connectivity index (χ4n) is 1.70. The van der Waals surface area contributed by atoms with Crippen LogP contribution in [0.5, 0.6) is 0 Å². The fraction of sp³-hybridized carbons (Fsp3) is 0.909. The minimum absolute atomic E-state index is 0.581. The molecule has 1 aliphatic rings. The van der Waals surface area contributed by atoms with Crippen LogP contribution in [0.25, 0.3) is 4.85 Å². The lowest BCUT2D eigenvalue weighted by atomic mass is 10.1. The topological polar surface area (TPSA) is 10.8 Å². The van der Waals surface area contributed by atoms with Crippen LogP contribution in [0.4, 0.5) is 0 Å². The zero-order chi connectivity index (χ0) is 10.4. The minimum Gasteiger partial charge on any atom is -0.301 e. The van der Waals surface area contributed by atoms with Crippen molar-refractivity contribution in [3.8, 4) is 0 Å². The van der Waals surface area contributed by atoms with Gasteiger partial charge in [-0.1, -0.05) is 13.8 Å². The Hall–Kier alpha value is -0.590. The highest BCUT2D eigenvalue weighted by Crippen LogP contribution is 2.06. The molecule has 0 aliphatic carbocycles. The zero-order valence-electron chi connectivity index (χ0n) is 9.37. The summed E-state index contributed by atoms with van der Waals surface area (Å²) in [6.07, 6.45) is 1.29. The summed E-state index contributed by atoms with van der Waals surface area (Å²) in [6.45, 7) is 17.6. The highest BCUT2D eigenvalue weighted by Gasteiger charge is 2.17. The summed E-state index contributed by atoms with van der Waals surface area (Å²) in [6, 6.07) is 0. The molecule has 0 atom stereocenters. The third-order valence-electron chi connectivity index (χ3n) is 2.76. The summed E-state index contributed by atoms with van der Waals surface area (Å²) in [7, 11) is 0. The van der Waals surface area contributed by atoms with Crippen molar-refractivity contribution in [3.63, 3.8) is 0 Å². The Morgan fingerprint density at radius 1 is 1.14 bits per heavy atom. The van der Waals surface area contributed by atoms with Crippen molar-refractivity contribution in [2.24, 2.45) is 5.92 Å². The average Bonchev–Trinajstić information content (AvgIpc) is 2.17. The number of rotatable bonds is 4. The van der Waals surface area contributed by atoms with Crippen LogP contribution in [0, 0.1) is 12.5 Å². The van der Waals surface area contributed by atoms with Gasteiger partial charge >= 0.3 is 0 Å². The molecular formula is C11H21N3. The van der Waals surface area contributed by atoms with Gasteiger partial charge in [0.05, 0.1) is 0 Å². The molecule has 80 valence electrons. The largest absolute Gasteiger partial charge is 0.301 e. The Bertz CT molecular complexity index is 187. The van der Waals surface area contributed by atoms with Gasteiger partial charge in [0.25, 0.3) is 6.67 Å². The molecule has 0 spiro atoms. The van der Waals surface area contributed by atoms with E-state index in [0.29, 0.717) is 6.67 Å². The summed E-state index contributed by atoms with van der Waals surface area (Å²) in [5.41, 5.74) is 0. The van der Waals surface area contributed by atoms with Crippen LogP contribution >= 0.6 is 0 Å². The first-order valence-electron chi connectivity index (χ1n) is 5.50. The van der Waals surface area contributed by atoms with Gasteiger partial charge in [-0.3, -0.25) is 4.85 Å². The van der Waals surface area contributed by atoms with Gasteiger partial charge < -0.3 is 4.90 Å². The van der Waals surface area contributed by atoms with Crippen LogP contribution in [0.2, 0.25) is 0 Å². The minimum atomic E-state index is 0.581. The van der Waals surface area contributed by atoms with Crippen LogP contribution in [0.3, 0.4) is 0 Å². The van der Waals surface area contributed by atoms with Crippen LogP contribution < -0.4 is 0 Å². The van der Waals surface area contributed by atoms with E-state index in [0.717, 1.165) is 32.1 Å². The molecule has 0 aromatic carbocycles. The zero-order valence-corrected chi connectivity index (χ0v) is 9.37. The average molecular weight is 195 g/mol. The molecule has 0 aromatic rings. The Kier molecular flexibility index (Phi) is 4.92. The summed E-state index contributed by atoms with van der Waals surface area (Å²) in [4.78, 5) is 8.17. The third kappa shape index (κ3) is 4.08. The van der Waals surface area contributed by atoms with Crippen molar-refractivity contribution in [2.75, 3.05) is 39.4 Å². The lowest BCUT2D eigenvalue weighted by Crippen LogP contribution is -2.46. The van der Waals surface area contributed by atoms with Gasteiger partial charge in [0.15, 0.2) is 0 Å². The Morgan fingerprint density at radius 3 is 2.21 bits per heavy atom. The van der Waals surface area contributed by atoms with Crippen molar-refractivity contribution in [2.45, 2.75) is 20.3 Å². The molecule has 0 N–H and O–H groups in total. The Labute approximate surface area is 87.5 Å². The number of nitrogens with zero attached hydrogens (tertiary/aromatic N) is 3. The molecule has 0 saturated carbocycles. The van der Waals surface area contributed by atoms with Crippen LogP contribution in [0.15, 0.2) is 0 Å². The molecule has 3 heteroatoms. The molecule has 1 rings (SSSR count).